The number of hydrogen-bond acceptors (Lipinski definition) is 0. The Labute approximate surface area is 77.8 Å². The van der Waals surface area contributed by atoms with Crippen molar-refractivity contribution in [2.75, 3.05) is 0 Å². The topological polar surface area (TPSA) is 85.5 Å². The van der Waals surface area contributed by atoms with Gasteiger partial charge in [-0.2, -0.15) is 0 Å². The molecule has 0 saturated heterocycles. The van der Waals surface area contributed by atoms with Gasteiger partial charge in [-0.05, 0) is 0 Å². The average Bonchev–Trinajstić information content (AvgIpc) is 0. The van der Waals surface area contributed by atoms with Gasteiger partial charge in [-0.3, -0.25) is 0 Å². The van der Waals surface area contributed by atoms with E-state index in [1.165, 1.54) is 0 Å². The summed E-state index contributed by atoms with van der Waals surface area (Å²) in [6.45, 7) is 0. The average molecular weight is 437 g/mol. The van der Waals surface area contributed by atoms with Crippen LogP contribution in [-0.4, -0.2) is 0 Å². The molecule has 3 nitrogen and oxygen atoms in total. The Hall–Kier alpha value is 1.89. The van der Waals surface area contributed by atoms with Gasteiger partial charge >= 0.3 is 0 Å². The predicted molar refractivity (Wildman–Crippen MR) is 2.06 cm³/mol. The molecule has 1 radical (unpaired) electrons. The molecule has 0 rings (SSSR count). The molecule has 0 unspecified atom stereocenters. The first-order chi connectivity index (χ1) is 0. The van der Waals surface area contributed by atoms with Crippen LogP contribution < -0.4 is 0 Å². The standard InChI is InChI=1S/Mo.3O.Pd.Re/q;3*-2;;. The molecule has 0 spiro atoms. The Bertz CT molecular complexity index is 10.8. The number of rotatable bonds is 0. The zero-order valence-corrected chi connectivity index (χ0v) is 8.60. The van der Waals surface area contributed by atoms with Gasteiger partial charge < -0.3 is 16.4 Å². The van der Waals surface area contributed by atoms with Crippen LogP contribution in [0.5, 0.6) is 0 Å². The van der Waals surface area contributed by atoms with Crippen molar-refractivity contribution in [2.24, 2.45) is 0 Å². The first-order valence-corrected chi connectivity index (χ1v) is 0. The summed E-state index contributed by atoms with van der Waals surface area (Å²) in [6.07, 6.45) is 0. The molecule has 0 aliphatic carbocycles. The first kappa shape index (κ1) is 105. The van der Waals surface area contributed by atoms with Crippen molar-refractivity contribution < 1.29 is 78.3 Å². The minimum atomic E-state index is 0. The van der Waals surface area contributed by atoms with Crippen LogP contribution in [0.2, 0.25) is 0 Å². The summed E-state index contributed by atoms with van der Waals surface area (Å²) in [7, 11) is 0. The van der Waals surface area contributed by atoms with Crippen molar-refractivity contribution in [2.45, 2.75) is 0 Å². The summed E-state index contributed by atoms with van der Waals surface area (Å²) >= 11 is 0. The molecule has 0 aliphatic rings. The minimum Gasteiger partial charge on any atom is -2.00 e. The summed E-state index contributed by atoms with van der Waals surface area (Å²) in [6, 6.07) is 0. The third-order valence-electron chi connectivity index (χ3n) is 0. The fraction of sp³-hybridized carbons (Fsp3) is 0. The molecule has 0 atom stereocenters. The smallest absolute Gasteiger partial charge is 0 e. The van der Waals surface area contributed by atoms with Crippen molar-refractivity contribution in [1.82, 2.24) is 0 Å². The van der Waals surface area contributed by atoms with Crippen molar-refractivity contribution in [1.29, 1.82) is 0 Å². The van der Waals surface area contributed by atoms with Crippen molar-refractivity contribution in [3.8, 4) is 0 Å². The van der Waals surface area contributed by atoms with Crippen LogP contribution in [0.1, 0.15) is 0 Å². The van der Waals surface area contributed by atoms with Crippen LogP contribution in [-0.2, 0) is 78.3 Å². The van der Waals surface area contributed by atoms with Gasteiger partial charge in [0, 0.05) is 61.9 Å². The zero-order valence-electron chi connectivity index (χ0n) is 2.33. The predicted octanol–water partition coefficient (Wildman–Crippen LogP) is -0.364. The van der Waals surface area contributed by atoms with E-state index in [-0.39, 0.29) is 78.3 Å². The Kier molecular flexibility index (Phi) is 1170. The van der Waals surface area contributed by atoms with Crippen LogP contribution in [0.4, 0.5) is 0 Å². The first-order valence-electron chi connectivity index (χ1n) is 0. The van der Waals surface area contributed by atoms with E-state index in [1.807, 2.05) is 0 Å². The molecule has 0 fully saturated rings. The fourth-order valence-electron chi connectivity index (χ4n) is 0. The van der Waals surface area contributed by atoms with E-state index in [0.717, 1.165) is 0 Å². The molecule has 0 amide bonds. The van der Waals surface area contributed by atoms with E-state index >= 15 is 0 Å². The molecule has 0 aromatic carbocycles. The van der Waals surface area contributed by atoms with Gasteiger partial charge in [-0.15, -0.1) is 0 Å². The Morgan fingerprint density at radius 2 is 0.667 bits per heavy atom. The molecule has 0 heterocycles. The molecule has 0 bridgehead atoms. The molecule has 6 heavy (non-hydrogen) atoms. The van der Waals surface area contributed by atoms with E-state index < -0.39 is 0 Å². The second kappa shape index (κ2) is 66.8. The maximum absolute atomic E-state index is 0. The second-order valence-electron chi connectivity index (χ2n) is 0. The monoisotopic (exact) mass is 439 g/mol. The van der Waals surface area contributed by atoms with Crippen LogP contribution >= 0.6 is 0 Å². The molecule has 0 aromatic heterocycles. The zero-order chi connectivity index (χ0) is 0. The van der Waals surface area contributed by atoms with Crippen LogP contribution in [0.15, 0.2) is 0 Å². The maximum atomic E-state index is 0. The third kappa shape index (κ3) is 39.4. The summed E-state index contributed by atoms with van der Waals surface area (Å²) in [5.74, 6) is 0. The van der Waals surface area contributed by atoms with Crippen LogP contribution in [0.3, 0.4) is 0 Å². The Balaban J connectivity index is 0. The normalized spacial score (nSPS) is 0. The molecule has 6 heteroatoms. The van der Waals surface area contributed by atoms with E-state index in [4.69, 9.17) is 0 Å². The molecule has 47 valence electrons. The molecule has 0 saturated carbocycles. The van der Waals surface area contributed by atoms with Gasteiger partial charge in [-0.1, -0.05) is 0 Å². The van der Waals surface area contributed by atoms with Crippen LogP contribution in [0.25, 0.3) is 0 Å². The number of hydrogen-bond donors (Lipinski definition) is 0. The summed E-state index contributed by atoms with van der Waals surface area (Å²) in [5, 5.41) is 0. The van der Waals surface area contributed by atoms with Gasteiger partial charge in [0.2, 0.25) is 0 Å². The summed E-state index contributed by atoms with van der Waals surface area (Å²) in [4.78, 5) is 0. The quantitative estimate of drug-likeness (QED) is 0.465. The minimum absolute atomic E-state index is 0. The van der Waals surface area contributed by atoms with Crippen molar-refractivity contribution in [3.63, 3.8) is 0 Å². The van der Waals surface area contributed by atoms with E-state index in [2.05, 4.69) is 0 Å². The molecular weight excluding hydrogens is 437 g/mol. The van der Waals surface area contributed by atoms with Gasteiger partial charge in [0.25, 0.3) is 0 Å². The van der Waals surface area contributed by atoms with E-state index in [1.54, 1.807) is 0 Å². The fourth-order valence-corrected chi connectivity index (χ4v) is 0. The van der Waals surface area contributed by atoms with Crippen molar-refractivity contribution in [3.05, 3.63) is 0 Å². The SMILES string of the molecule is [Mo].[O-2].[O-2].[O-2].[Pd].[Re]. The summed E-state index contributed by atoms with van der Waals surface area (Å²) in [5.41, 5.74) is 0. The van der Waals surface area contributed by atoms with Gasteiger partial charge in [0.15, 0.2) is 0 Å². The summed E-state index contributed by atoms with van der Waals surface area (Å²) < 4.78 is 0. The van der Waals surface area contributed by atoms with Gasteiger partial charge in [0.1, 0.15) is 0 Å². The van der Waals surface area contributed by atoms with Crippen LogP contribution in [0, 0.1) is 0 Å². The van der Waals surface area contributed by atoms with E-state index in [9.17, 15) is 0 Å². The second-order valence-corrected chi connectivity index (χ2v) is 0. The van der Waals surface area contributed by atoms with E-state index in [0.29, 0.717) is 0 Å². The Morgan fingerprint density at radius 3 is 0.667 bits per heavy atom. The molecule has 0 aromatic rings. The Morgan fingerprint density at radius 1 is 0.667 bits per heavy atom. The maximum Gasteiger partial charge on any atom is 0 e. The van der Waals surface area contributed by atoms with Gasteiger partial charge in [0.05, 0.1) is 0 Å². The van der Waals surface area contributed by atoms with Gasteiger partial charge in [-0.25, -0.2) is 0 Å². The molecule has 0 aliphatic heterocycles. The largest absolute Gasteiger partial charge is 2.00 e. The molecular formula is MoO3PdRe-6. The molecule has 0 N–H and O–H groups in total. The van der Waals surface area contributed by atoms with Crippen molar-refractivity contribution >= 4 is 0 Å². The third-order valence-corrected chi connectivity index (χ3v) is 0.